The molecule has 1 amide bonds. The SMILES string of the molecule is CNC(=O)[C@@H](C)N(C)Cc1ccc(Br)cc1. The normalized spacial score (nSPS) is 12.6. The Morgan fingerprint density at radius 3 is 2.50 bits per heavy atom. The highest BCUT2D eigenvalue weighted by Crippen LogP contribution is 2.12. The van der Waals surface area contributed by atoms with Crippen molar-refractivity contribution < 1.29 is 4.79 Å². The summed E-state index contributed by atoms with van der Waals surface area (Å²) in [6, 6.07) is 8.00. The number of halogens is 1. The van der Waals surface area contributed by atoms with E-state index in [1.807, 2.05) is 31.0 Å². The van der Waals surface area contributed by atoms with Gasteiger partial charge < -0.3 is 5.32 Å². The molecule has 0 aliphatic carbocycles. The summed E-state index contributed by atoms with van der Waals surface area (Å²) < 4.78 is 1.07. The monoisotopic (exact) mass is 284 g/mol. The summed E-state index contributed by atoms with van der Waals surface area (Å²) in [5.74, 6) is 0.0413. The average Bonchev–Trinajstić information content (AvgIpc) is 2.30. The Morgan fingerprint density at radius 2 is 2.00 bits per heavy atom. The maximum absolute atomic E-state index is 11.4. The van der Waals surface area contributed by atoms with Crippen LogP contribution in [0.5, 0.6) is 0 Å². The second-order valence-electron chi connectivity index (χ2n) is 3.83. The number of likely N-dealkylation sites (N-methyl/N-ethyl adjacent to an activating group) is 2. The molecule has 16 heavy (non-hydrogen) atoms. The third-order valence-corrected chi connectivity index (χ3v) is 3.16. The van der Waals surface area contributed by atoms with E-state index in [1.165, 1.54) is 5.56 Å². The van der Waals surface area contributed by atoms with Crippen LogP contribution in [0.25, 0.3) is 0 Å². The number of carbonyl (C=O) groups excluding carboxylic acids is 1. The van der Waals surface area contributed by atoms with E-state index in [2.05, 4.69) is 33.4 Å². The van der Waals surface area contributed by atoms with Crippen LogP contribution in [0.4, 0.5) is 0 Å². The molecule has 0 spiro atoms. The minimum atomic E-state index is -0.117. The van der Waals surface area contributed by atoms with Crippen LogP contribution >= 0.6 is 15.9 Å². The van der Waals surface area contributed by atoms with Crippen molar-refractivity contribution in [3.05, 3.63) is 34.3 Å². The molecular formula is C12H17BrN2O. The Kier molecular flexibility index (Phi) is 4.96. The van der Waals surface area contributed by atoms with Gasteiger partial charge in [-0.05, 0) is 31.7 Å². The van der Waals surface area contributed by atoms with Crippen LogP contribution in [0.1, 0.15) is 12.5 Å². The minimum absolute atomic E-state index is 0.0413. The summed E-state index contributed by atoms with van der Waals surface area (Å²) in [5.41, 5.74) is 1.20. The molecule has 0 saturated heterocycles. The van der Waals surface area contributed by atoms with Crippen molar-refractivity contribution in [1.29, 1.82) is 0 Å². The number of amides is 1. The Balaban J connectivity index is 2.60. The van der Waals surface area contributed by atoms with Crippen molar-refractivity contribution in [3.63, 3.8) is 0 Å². The quantitative estimate of drug-likeness (QED) is 0.918. The lowest BCUT2D eigenvalue weighted by Crippen LogP contribution is -2.41. The molecule has 0 fully saturated rings. The fourth-order valence-electron chi connectivity index (χ4n) is 1.42. The van der Waals surface area contributed by atoms with Crippen LogP contribution in [-0.4, -0.2) is 30.9 Å². The fraction of sp³-hybridized carbons (Fsp3) is 0.417. The molecule has 3 nitrogen and oxygen atoms in total. The molecule has 1 atom stereocenters. The third kappa shape index (κ3) is 3.61. The first kappa shape index (κ1) is 13.2. The highest BCUT2D eigenvalue weighted by Gasteiger charge is 2.16. The molecule has 1 aromatic rings. The number of benzene rings is 1. The van der Waals surface area contributed by atoms with Gasteiger partial charge in [0.05, 0.1) is 6.04 Å². The second kappa shape index (κ2) is 6.01. The van der Waals surface area contributed by atoms with Crippen LogP contribution in [0.15, 0.2) is 28.7 Å². The molecule has 0 aromatic heterocycles. The van der Waals surface area contributed by atoms with E-state index in [0.29, 0.717) is 0 Å². The van der Waals surface area contributed by atoms with Gasteiger partial charge >= 0.3 is 0 Å². The van der Waals surface area contributed by atoms with Crippen molar-refractivity contribution >= 4 is 21.8 Å². The van der Waals surface area contributed by atoms with E-state index in [-0.39, 0.29) is 11.9 Å². The van der Waals surface area contributed by atoms with Gasteiger partial charge in [-0.2, -0.15) is 0 Å². The van der Waals surface area contributed by atoms with Crippen molar-refractivity contribution in [2.45, 2.75) is 19.5 Å². The Morgan fingerprint density at radius 1 is 1.44 bits per heavy atom. The smallest absolute Gasteiger partial charge is 0.236 e. The predicted molar refractivity (Wildman–Crippen MR) is 69.1 cm³/mol. The first-order valence-electron chi connectivity index (χ1n) is 5.21. The summed E-state index contributed by atoms with van der Waals surface area (Å²) in [7, 11) is 3.61. The van der Waals surface area contributed by atoms with Crippen LogP contribution in [-0.2, 0) is 11.3 Å². The molecule has 0 heterocycles. The predicted octanol–water partition coefficient (Wildman–Crippen LogP) is 2.02. The van der Waals surface area contributed by atoms with Gasteiger partial charge in [0.1, 0.15) is 0 Å². The van der Waals surface area contributed by atoms with Gasteiger partial charge in [0, 0.05) is 18.1 Å². The van der Waals surface area contributed by atoms with Gasteiger partial charge in [0.15, 0.2) is 0 Å². The summed E-state index contributed by atoms with van der Waals surface area (Å²) in [6.07, 6.45) is 0. The number of carbonyl (C=O) groups is 1. The molecule has 88 valence electrons. The van der Waals surface area contributed by atoms with Gasteiger partial charge in [-0.15, -0.1) is 0 Å². The first-order chi connectivity index (χ1) is 7.54. The highest BCUT2D eigenvalue weighted by atomic mass is 79.9. The Hall–Kier alpha value is -0.870. The fourth-order valence-corrected chi connectivity index (χ4v) is 1.69. The topological polar surface area (TPSA) is 32.3 Å². The zero-order valence-electron chi connectivity index (χ0n) is 9.83. The standard InChI is InChI=1S/C12H17BrN2O/c1-9(12(16)14-2)15(3)8-10-4-6-11(13)7-5-10/h4-7,9H,8H2,1-3H3,(H,14,16)/t9-/m1/s1. The summed E-state index contributed by atoms with van der Waals surface area (Å²) in [5, 5.41) is 2.65. The zero-order chi connectivity index (χ0) is 12.1. The van der Waals surface area contributed by atoms with Gasteiger partial charge in [-0.25, -0.2) is 0 Å². The van der Waals surface area contributed by atoms with Crippen LogP contribution < -0.4 is 5.32 Å². The number of nitrogens with zero attached hydrogens (tertiary/aromatic N) is 1. The third-order valence-electron chi connectivity index (χ3n) is 2.63. The molecule has 0 aliphatic heterocycles. The van der Waals surface area contributed by atoms with Gasteiger partial charge in [-0.1, -0.05) is 28.1 Å². The molecule has 1 N–H and O–H groups in total. The van der Waals surface area contributed by atoms with Gasteiger partial charge in [0.2, 0.25) is 5.91 Å². The maximum atomic E-state index is 11.4. The van der Waals surface area contributed by atoms with E-state index in [4.69, 9.17) is 0 Å². The number of hydrogen-bond donors (Lipinski definition) is 1. The van der Waals surface area contributed by atoms with E-state index >= 15 is 0 Å². The molecule has 1 rings (SSSR count). The van der Waals surface area contributed by atoms with E-state index in [9.17, 15) is 4.79 Å². The average molecular weight is 285 g/mol. The van der Waals surface area contributed by atoms with Crippen molar-refractivity contribution in [2.75, 3.05) is 14.1 Å². The van der Waals surface area contributed by atoms with Gasteiger partial charge in [-0.3, -0.25) is 9.69 Å². The molecule has 0 aliphatic rings. The molecule has 0 radical (unpaired) electrons. The zero-order valence-corrected chi connectivity index (χ0v) is 11.4. The van der Waals surface area contributed by atoms with E-state index in [0.717, 1.165) is 11.0 Å². The summed E-state index contributed by atoms with van der Waals surface area (Å²) >= 11 is 3.40. The van der Waals surface area contributed by atoms with Crippen molar-refractivity contribution in [2.24, 2.45) is 0 Å². The van der Waals surface area contributed by atoms with Gasteiger partial charge in [0.25, 0.3) is 0 Å². The second-order valence-corrected chi connectivity index (χ2v) is 4.75. The lowest BCUT2D eigenvalue weighted by molar-refractivity contribution is -0.125. The van der Waals surface area contributed by atoms with Crippen LogP contribution in [0, 0.1) is 0 Å². The van der Waals surface area contributed by atoms with E-state index < -0.39 is 0 Å². The largest absolute Gasteiger partial charge is 0.358 e. The molecule has 0 unspecified atom stereocenters. The lowest BCUT2D eigenvalue weighted by atomic mass is 10.2. The Labute approximate surface area is 105 Å². The number of rotatable bonds is 4. The van der Waals surface area contributed by atoms with Crippen LogP contribution in [0.3, 0.4) is 0 Å². The lowest BCUT2D eigenvalue weighted by Gasteiger charge is -2.23. The number of hydrogen-bond acceptors (Lipinski definition) is 2. The highest BCUT2D eigenvalue weighted by molar-refractivity contribution is 9.10. The summed E-state index contributed by atoms with van der Waals surface area (Å²) in [4.78, 5) is 13.5. The number of nitrogens with one attached hydrogen (secondary N) is 1. The molecular weight excluding hydrogens is 268 g/mol. The van der Waals surface area contributed by atoms with Crippen molar-refractivity contribution in [1.82, 2.24) is 10.2 Å². The maximum Gasteiger partial charge on any atom is 0.236 e. The minimum Gasteiger partial charge on any atom is -0.358 e. The molecule has 0 saturated carbocycles. The van der Waals surface area contributed by atoms with Crippen molar-refractivity contribution in [3.8, 4) is 0 Å². The summed E-state index contributed by atoms with van der Waals surface area (Å²) in [6.45, 7) is 2.67. The van der Waals surface area contributed by atoms with Crippen LogP contribution in [0.2, 0.25) is 0 Å². The molecule has 4 heteroatoms. The first-order valence-corrected chi connectivity index (χ1v) is 6.00. The molecule has 1 aromatic carbocycles. The van der Waals surface area contributed by atoms with E-state index in [1.54, 1.807) is 7.05 Å². The molecule has 0 bridgehead atoms. The Bertz CT molecular complexity index is 351.